The van der Waals surface area contributed by atoms with Gasteiger partial charge in [0.25, 0.3) is 0 Å². The van der Waals surface area contributed by atoms with Crippen molar-refractivity contribution in [3.05, 3.63) is 65.2 Å². The van der Waals surface area contributed by atoms with Crippen molar-refractivity contribution < 1.29 is 4.39 Å². The number of amidine groups is 1. The van der Waals surface area contributed by atoms with Crippen LogP contribution >= 0.6 is 0 Å². The minimum atomic E-state index is -0.196. The Morgan fingerprint density at radius 3 is 2.75 bits per heavy atom. The second-order valence-corrected chi connectivity index (χ2v) is 4.73. The van der Waals surface area contributed by atoms with Crippen LogP contribution in [0.3, 0.4) is 0 Å². The number of nitrogens with zero attached hydrogens (tertiary/aromatic N) is 2. The molecule has 1 aromatic carbocycles. The highest BCUT2D eigenvalue weighted by Gasteiger charge is 2.07. The molecule has 0 aliphatic carbocycles. The van der Waals surface area contributed by atoms with Gasteiger partial charge in [0.1, 0.15) is 17.3 Å². The van der Waals surface area contributed by atoms with Gasteiger partial charge in [-0.05, 0) is 30.8 Å². The average Bonchev–Trinajstić information content (AvgIpc) is 2.41. The molecule has 0 amide bonds. The first kappa shape index (κ1) is 14.1. The fourth-order valence-electron chi connectivity index (χ4n) is 2.00. The third-order valence-electron chi connectivity index (χ3n) is 2.95. The molecule has 1 aromatic heterocycles. The number of nitrogen functional groups attached to an aromatic ring is 1. The van der Waals surface area contributed by atoms with Crippen molar-refractivity contribution in [3.8, 4) is 0 Å². The topological polar surface area (TPSA) is 66.0 Å². The van der Waals surface area contributed by atoms with Crippen molar-refractivity contribution in [2.45, 2.75) is 13.1 Å². The molecule has 0 fully saturated rings. The zero-order valence-corrected chi connectivity index (χ0v) is 11.3. The van der Waals surface area contributed by atoms with Crippen LogP contribution in [-0.4, -0.2) is 22.8 Å². The summed E-state index contributed by atoms with van der Waals surface area (Å²) in [6.45, 7) is 1.15. The van der Waals surface area contributed by atoms with Gasteiger partial charge in [-0.25, -0.2) is 4.39 Å². The van der Waals surface area contributed by atoms with Crippen LogP contribution in [0.4, 0.5) is 4.39 Å². The first-order valence-electron chi connectivity index (χ1n) is 6.27. The van der Waals surface area contributed by atoms with Gasteiger partial charge >= 0.3 is 0 Å². The lowest BCUT2D eigenvalue weighted by molar-refractivity contribution is 0.313. The Morgan fingerprint density at radius 2 is 2.05 bits per heavy atom. The second-order valence-electron chi connectivity index (χ2n) is 4.73. The van der Waals surface area contributed by atoms with E-state index in [9.17, 15) is 4.39 Å². The molecule has 0 spiro atoms. The fourth-order valence-corrected chi connectivity index (χ4v) is 2.00. The molecule has 0 saturated carbocycles. The molecule has 0 atom stereocenters. The van der Waals surface area contributed by atoms with Crippen LogP contribution in [0.5, 0.6) is 0 Å². The average molecular weight is 272 g/mol. The highest BCUT2D eigenvalue weighted by atomic mass is 19.1. The second kappa shape index (κ2) is 6.25. The third kappa shape index (κ3) is 3.61. The van der Waals surface area contributed by atoms with Crippen LogP contribution < -0.4 is 5.73 Å². The van der Waals surface area contributed by atoms with E-state index in [0.717, 1.165) is 5.56 Å². The van der Waals surface area contributed by atoms with E-state index in [1.807, 2.05) is 24.1 Å². The summed E-state index contributed by atoms with van der Waals surface area (Å²) in [5.41, 5.74) is 7.53. The maximum absolute atomic E-state index is 13.6. The molecule has 2 rings (SSSR count). The van der Waals surface area contributed by atoms with Gasteiger partial charge in [0.2, 0.25) is 0 Å². The normalized spacial score (nSPS) is 10.8. The Hall–Kier alpha value is -2.27. The maximum atomic E-state index is 13.6. The number of nitrogens with two attached hydrogens (primary N) is 1. The Bertz CT molecular complexity index is 612. The van der Waals surface area contributed by atoms with Crippen LogP contribution in [-0.2, 0) is 13.1 Å². The summed E-state index contributed by atoms with van der Waals surface area (Å²) < 4.78 is 13.6. The van der Waals surface area contributed by atoms with Crippen LogP contribution in [0.1, 0.15) is 16.8 Å². The van der Waals surface area contributed by atoms with Crippen molar-refractivity contribution in [3.63, 3.8) is 0 Å². The highest BCUT2D eigenvalue weighted by Crippen LogP contribution is 2.11. The Balaban J connectivity index is 2.05. The number of hydrogen-bond acceptors (Lipinski definition) is 3. The highest BCUT2D eigenvalue weighted by molar-refractivity contribution is 5.93. The molecular formula is C15H17FN4. The zero-order chi connectivity index (χ0) is 14.5. The Labute approximate surface area is 117 Å². The molecule has 0 radical (unpaired) electrons. The number of halogens is 1. The lowest BCUT2D eigenvalue weighted by Gasteiger charge is -2.17. The van der Waals surface area contributed by atoms with Gasteiger partial charge in [-0.15, -0.1) is 0 Å². The van der Waals surface area contributed by atoms with Crippen LogP contribution in [0.15, 0.2) is 42.6 Å². The van der Waals surface area contributed by atoms with E-state index in [-0.39, 0.29) is 11.7 Å². The van der Waals surface area contributed by atoms with Gasteiger partial charge < -0.3 is 5.73 Å². The van der Waals surface area contributed by atoms with Gasteiger partial charge in [0.05, 0.1) is 0 Å². The van der Waals surface area contributed by atoms with E-state index in [1.54, 1.807) is 24.4 Å². The van der Waals surface area contributed by atoms with Gasteiger partial charge in [-0.2, -0.15) is 0 Å². The van der Waals surface area contributed by atoms with Crippen molar-refractivity contribution in [2.75, 3.05) is 7.05 Å². The number of hydrogen-bond donors (Lipinski definition) is 2. The van der Waals surface area contributed by atoms with Crippen LogP contribution in [0.25, 0.3) is 0 Å². The van der Waals surface area contributed by atoms with Crippen molar-refractivity contribution in [1.29, 1.82) is 5.41 Å². The van der Waals surface area contributed by atoms with Crippen LogP contribution in [0.2, 0.25) is 0 Å². The minimum absolute atomic E-state index is 0.0522. The molecule has 4 nitrogen and oxygen atoms in total. The van der Waals surface area contributed by atoms with Gasteiger partial charge in [0.15, 0.2) is 0 Å². The molecular weight excluding hydrogens is 255 g/mol. The van der Waals surface area contributed by atoms with Crippen molar-refractivity contribution >= 4 is 5.84 Å². The summed E-state index contributed by atoms with van der Waals surface area (Å²) in [5, 5.41) is 7.37. The lowest BCUT2D eigenvalue weighted by Crippen LogP contribution is -2.19. The molecule has 1 heterocycles. The number of rotatable bonds is 5. The van der Waals surface area contributed by atoms with Crippen LogP contribution in [0, 0.1) is 11.2 Å². The predicted molar refractivity (Wildman–Crippen MR) is 76.8 cm³/mol. The summed E-state index contributed by atoms with van der Waals surface area (Å²) in [7, 11) is 1.92. The van der Waals surface area contributed by atoms with E-state index >= 15 is 0 Å². The predicted octanol–water partition coefficient (Wildman–Crippen LogP) is 2.14. The Kier molecular flexibility index (Phi) is 4.42. The van der Waals surface area contributed by atoms with E-state index < -0.39 is 0 Å². The molecule has 0 aliphatic heterocycles. The van der Waals surface area contributed by atoms with Crippen molar-refractivity contribution in [1.82, 2.24) is 9.88 Å². The zero-order valence-electron chi connectivity index (χ0n) is 11.3. The third-order valence-corrected chi connectivity index (χ3v) is 2.95. The lowest BCUT2D eigenvalue weighted by atomic mass is 10.1. The fraction of sp³-hybridized carbons (Fsp3) is 0.200. The largest absolute Gasteiger partial charge is 0.382 e. The van der Waals surface area contributed by atoms with E-state index in [1.165, 1.54) is 6.07 Å². The summed E-state index contributed by atoms with van der Waals surface area (Å²) in [6.07, 6.45) is 1.63. The van der Waals surface area contributed by atoms with E-state index in [4.69, 9.17) is 11.1 Å². The number of pyridine rings is 1. The molecule has 20 heavy (non-hydrogen) atoms. The van der Waals surface area contributed by atoms with Gasteiger partial charge in [-0.1, -0.05) is 18.2 Å². The van der Waals surface area contributed by atoms with E-state index in [2.05, 4.69) is 4.98 Å². The van der Waals surface area contributed by atoms with E-state index in [0.29, 0.717) is 24.3 Å². The van der Waals surface area contributed by atoms with Crippen molar-refractivity contribution in [2.24, 2.45) is 5.73 Å². The SMILES string of the molecule is CN(Cc1ccnc(C(=N)N)c1)Cc1ccccc1F. The molecule has 0 bridgehead atoms. The quantitative estimate of drug-likeness (QED) is 0.647. The smallest absolute Gasteiger partial charge is 0.141 e. The molecule has 5 heteroatoms. The first-order chi connectivity index (χ1) is 9.56. The molecule has 0 unspecified atom stereocenters. The standard InChI is InChI=1S/C15H17FN4/c1-20(10-12-4-2-3-5-13(12)16)9-11-6-7-19-14(8-11)15(17)18/h2-8H,9-10H2,1H3,(H3,17,18). The maximum Gasteiger partial charge on any atom is 0.141 e. The number of benzene rings is 1. The summed E-state index contributed by atoms with van der Waals surface area (Å²) in [4.78, 5) is 6.01. The molecule has 104 valence electrons. The first-order valence-corrected chi connectivity index (χ1v) is 6.27. The summed E-state index contributed by atoms with van der Waals surface area (Å²) >= 11 is 0. The number of nitrogens with one attached hydrogen (secondary N) is 1. The Morgan fingerprint density at radius 1 is 1.30 bits per heavy atom. The summed E-state index contributed by atoms with van der Waals surface area (Å²) in [6, 6.07) is 10.4. The van der Waals surface area contributed by atoms with Gasteiger partial charge in [-0.3, -0.25) is 15.3 Å². The minimum Gasteiger partial charge on any atom is -0.382 e. The molecule has 0 aliphatic rings. The number of aromatic nitrogens is 1. The molecule has 3 N–H and O–H groups in total. The molecule has 2 aromatic rings. The monoisotopic (exact) mass is 272 g/mol. The summed E-state index contributed by atoms with van der Waals surface area (Å²) in [5.74, 6) is -0.248. The molecule has 0 saturated heterocycles. The van der Waals surface area contributed by atoms with Gasteiger partial charge in [0, 0.05) is 24.8 Å².